The van der Waals surface area contributed by atoms with Gasteiger partial charge in [-0.3, -0.25) is 4.90 Å². The number of aromatic nitrogens is 1. The van der Waals surface area contributed by atoms with Gasteiger partial charge in [0, 0.05) is 44.5 Å². The van der Waals surface area contributed by atoms with Crippen LogP contribution in [0.3, 0.4) is 0 Å². The van der Waals surface area contributed by atoms with Gasteiger partial charge >= 0.3 is 0 Å². The number of nitrogens with zero attached hydrogens (tertiary/aromatic N) is 3. The topological polar surface area (TPSA) is 51.6 Å². The van der Waals surface area contributed by atoms with Gasteiger partial charge in [0.25, 0.3) is 0 Å². The van der Waals surface area contributed by atoms with Crippen molar-refractivity contribution in [1.82, 2.24) is 15.2 Å². The van der Waals surface area contributed by atoms with Gasteiger partial charge in [-0.2, -0.15) is 0 Å². The lowest BCUT2D eigenvalue weighted by molar-refractivity contribution is 0.199. The highest BCUT2D eigenvalue weighted by molar-refractivity contribution is 5.38. The van der Waals surface area contributed by atoms with Gasteiger partial charge in [-0.05, 0) is 37.9 Å². The summed E-state index contributed by atoms with van der Waals surface area (Å²) in [6, 6.07) is 7.03. The van der Waals surface area contributed by atoms with Crippen molar-refractivity contribution in [2.24, 2.45) is 0 Å². The summed E-state index contributed by atoms with van der Waals surface area (Å²) < 4.78 is 0. The van der Waals surface area contributed by atoms with E-state index in [2.05, 4.69) is 26.2 Å². The zero-order valence-electron chi connectivity index (χ0n) is 12.6. The first-order valence-corrected chi connectivity index (χ1v) is 8.10. The fourth-order valence-corrected chi connectivity index (χ4v) is 2.89. The van der Waals surface area contributed by atoms with Crippen molar-refractivity contribution in [2.75, 3.05) is 44.2 Å². The number of hydrogen-bond acceptors (Lipinski definition) is 5. The van der Waals surface area contributed by atoms with E-state index in [0.29, 0.717) is 6.04 Å². The van der Waals surface area contributed by atoms with Gasteiger partial charge in [-0.15, -0.1) is 0 Å². The molecule has 5 nitrogen and oxygen atoms in total. The largest absolute Gasteiger partial charge is 0.395 e. The van der Waals surface area contributed by atoms with Crippen LogP contribution >= 0.6 is 0 Å². The first-order valence-electron chi connectivity index (χ1n) is 8.10. The minimum absolute atomic E-state index is 0.254. The first-order chi connectivity index (χ1) is 10.3. The van der Waals surface area contributed by atoms with Gasteiger partial charge in [0.2, 0.25) is 0 Å². The average molecular weight is 290 g/mol. The first kappa shape index (κ1) is 14.8. The number of pyridine rings is 1. The SMILES string of the molecule is OCC(CCN1CCN(c2ccccn2)CC1)NC1CC1. The molecule has 3 rings (SSSR count). The molecule has 5 heteroatoms. The van der Waals surface area contributed by atoms with Crippen molar-refractivity contribution in [2.45, 2.75) is 31.3 Å². The second-order valence-electron chi connectivity index (χ2n) is 6.13. The number of hydrogen-bond donors (Lipinski definition) is 2. The maximum Gasteiger partial charge on any atom is 0.128 e. The predicted octanol–water partition coefficient (Wildman–Crippen LogP) is 0.707. The summed E-state index contributed by atoms with van der Waals surface area (Å²) in [4.78, 5) is 9.27. The quantitative estimate of drug-likeness (QED) is 0.774. The monoisotopic (exact) mass is 290 g/mol. The van der Waals surface area contributed by atoms with E-state index in [9.17, 15) is 5.11 Å². The van der Waals surface area contributed by atoms with Gasteiger partial charge in [-0.25, -0.2) is 4.98 Å². The minimum atomic E-state index is 0.254. The average Bonchev–Trinajstić information content (AvgIpc) is 3.37. The van der Waals surface area contributed by atoms with Gasteiger partial charge in [0.05, 0.1) is 6.61 Å². The van der Waals surface area contributed by atoms with Crippen LogP contribution in [0.15, 0.2) is 24.4 Å². The predicted molar refractivity (Wildman–Crippen MR) is 84.5 cm³/mol. The van der Waals surface area contributed by atoms with Crippen LogP contribution < -0.4 is 10.2 Å². The molecule has 1 aromatic heterocycles. The Bertz CT molecular complexity index is 416. The Labute approximate surface area is 127 Å². The number of piperazine rings is 1. The standard InChI is InChI=1S/C16H26N4O/c21-13-15(18-14-4-5-14)6-8-19-9-11-20(12-10-19)16-3-1-2-7-17-16/h1-3,7,14-15,18,21H,4-6,8-13H2. The molecule has 0 spiro atoms. The molecular formula is C16H26N4O. The van der Waals surface area contributed by atoms with Crippen molar-refractivity contribution in [3.05, 3.63) is 24.4 Å². The van der Waals surface area contributed by atoms with Crippen molar-refractivity contribution in [1.29, 1.82) is 0 Å². The summed E-state index contributed by atoms with van der Waals surface area (Å²) in [6.07, 6.45) is 5.45. The zero-order valence-corrected chi connectivity index (χ0v) is 12.6. The van der Waals surface area contributed by atoms with E-state index in [4.69, 9.17) is 0 Å². The molecule has 0 bridgehead atoms. The number of rotatable bonds is 7. The Kier molecular flexibility index (Phi) is 5.06. The third kappa shape index (κ3) is 4.40. The van der Waals surface area contributed by atoms with Gasteiger partial charge in [0.15, 0.2) is 0 Å². The summed E-state index contributed by atoms with van der Waals surface area (Å²) in [6.45, 7) is 5.56. The van der Waals surface area contributed by atoms with Crippen LogP contribution in [-0.4, -0.2) is 66.4 Å². The highest BCUT2D eigenvalue weighted by atomic mass is 16.3. The smallest absolute Gasteiger partial charge is 0.128 e. The van der Waals surface area contributed by atoms with Crippen molar-refractivity contribution in [3.63, 3.8) is 0 Å². The molecular weight excluding hydrogens is 264 g/mol. The minimum Gasteiger partial charge on any atom is -0.395 e. The fourth-order valence-electron chi connectivity index (χ4n) is 2.89. The fraction of sp³-hybridized carbons (Fsp3) is 0.688. The number of anilines is 1. The van der Waals surface area contributed by atoms with Crippen molar-refractivity contribution < 1.29 is 5.11 Å². The van der Waals surface area contributed by atoms with Crippen molar-refractivity contribution in [3.8, 4) is 0 Å². The Balaban J connectivity index is 1.39. The molecule has 2 aliphatic rings. The molecule has 1 atom stereocenters. The van der Waals surface area contributed by atoms with E-state index in [-0.39, 0.29) is 12.6 Å². The van der Waals surface area contributed by atoms with E-state index in [1.54, 1.807) is 0 Å². The molecule has 1 saturated heterocycles. The normalized spacial score (nSPS) is 21.5. The van der Waals surface area contributed by atoms with Crippen LogP contribution in [0.5, 0.6) is 0 Å². The van der Waals surface area contributed by atoms with Gasteiger partial charge < -0.3 is 15.3 Å². The van der Waals surface area contributed by atoms with Crippen LogP contribution in [0, 0.1) is 0 Å². The Morgan fingerprint density at radius 1 is 1.24 bits per heavy atom. The number of aliphatic hydroxyl groups excluding tert-OH is 1. The molecule has 0 aromatic carbocycles. The Morgan fingerprint density at radius 3 is 2.67 bits per heavy atom. The molecule has 116 valence electrons. The summed E-state index contributed by atoms with van der Waals surface area (Å²) in [5.74, 6) is 1.08. The Hall–Kier alpha value is -1.17. The zero-order chi connectivity index (χ0) is 14.5. The molecule has 1 aromatic rings. The van der Waals surface area contributed by atoms with E-state index in [1.165, 1.54) is 12.8 Å². The lowest BCUT2D eigenvalue weighted by Gasteiger charge is -2.36. The van der Waals surface area contributed by atoms with E-state index in [1.807, 2.05) is 18.3 Å². The molecule has 1 saturated carbocycles. The molecule has 21 heavy (non-hydrogen) atoms. The van der Waals surface area contributed by atoms with Crippen LogP contribution in [0.1, 0.15) is 19.3 Å². The highest BCUT2D eigenvalue weighted by Gasteiger charge is 2.25. The second kappa shape index (κ2) is 7.20. The van der Waals surface area contributed by atoms with Crippen LogP contribution in [-0.2, 0) is 0 Å². The summed E-state index contributed by atoms with van der Waals surface area (Å²) in [5, 5.41) is 12.9. The maximum atomic E-state index is 9.43. The van der Waals surface area contributed by atoms with E-state index < -0.39 is 0 Å². The summed E-state index contributed by atoms with van der Waals surface area (Å²) in [5.41, 5.74) is 0. The molecule has 1 aliphatic heterocycles. The molecule has 1 unspecified atom stereocenters. The lowest BCUT2D eigenvalue weighted by atomic mass is 10.2. The van der Waals surface area contributed by atoms with Crippen molar-refractivity contribution >= 4 is 5.82 Å². The third-order valence-electron chi connectivity index (χ3n) is 4.41. The van der Waals surface area contributed by atoms with Crippen LogP contribution in [0.4, 0.5) is 5.82 Å². The maximum absolute atomic E-state index is 9.43. The van der Waals surface area contributed by atoms with E-state index >= 15 is 0 Å². The van der Waals surface area contributed by atoms with Gasteiger partial charge in [0.1, 0.15) is 5.82 Å². The van der Waals surface area contributed by atoms with Crippen LogP contribution in [0.25, 0.3) is 0 Å². The summed E-state index contributed by atoms with van der Waals surface area (Å²) >= 11 is 0. The molecule has 0 amide bonds. The molecule has 0 radical (unpaired) electrons. The Morgan fingerprint density at radius 2 is 2.05 bits per heavy atom. The van der Waals surface area contributed by atoms with E-state index in [0.717, 1.165) is 45.0 Å². The number of nitrogens with one attached hydrogen (secondary N) is 1. The highest BCUT2D eigenvalue weighted by Crippen LogP contribution is 2.20. The number of aliphatic hydroxyl groups is 1. The third-order valence-corrected chi connectivity index (χ3v) is 4.41. The molecule has 1 aliphatic carbocycles. The molecule has 2 heterocycles. The van der Waals surface area contributed by atoms with Crippen LogP contribution in [0.2, 0.25) is 0 Å². The molecule has 2 fully saturated rings. The lowest BCUT2D eigenvalue weighted by Crippen LogP contribution is -2.48. The second-order valence-corrected chi connectivity index (χ2v) is 6.13. The molecule has 2 N–H and O–H groups in total. The van der Waals surface area contributed by atoms with Gasteiger partial charge in [-0.1, -0.05) is 6.07 Å². The summed E-state index contributed by atoms with van der Waals surface area (Å²) in [7, 11) is 0.